The number of likely N-dealkylation sites (N-methyl/N-ethyl adjacent to an activating group) is 1. The van der Waals surface area contributed by atoms with E-state index >= 15 is 0 Å². The number of nitrogens with zero attached hydrogens (tertiary/aromatic N) is 4. The molecular formula is C31H37ClN4O3S. The Hall–Kier alpha value is -2.81. The third kappa shape index (κ3) is 5.06. The van der Waals surface area contributed by atoms with Crippen LogP contribution >= 0.6 is 11.6 Å². The molecule has 2 aromatic carbocycles. The van der Waals surface area contributed by atoms with E-state index in [1.165, 1.54) is 17.5 Å². The molecule has 1 saturated heterocycles. The number of hydrogen-bond donors (Lipinski definition) is 0. The van der Waals surface area contributed by atoms with Crippen LogP contribution in [0.3, 0.4) is 0 Å². The van der Waals surface area contributed by atoms with Crippen LogP contribution in [0.5, 0.6) is 5.88 Å². The van der Waals surface area contributed by atoms with Gasteiger partial charge in [-0.15, -0.1) is 0 Å². The first-order valence-electron chi connectivity index (χ1n) is 14.1. The molecule has 1 aliphatic carbocycles. The van der Waals surface area contributed by atoms with Crippen LogP contribution in [0.15, 0.2) is 54.5 Å². The first-order valence-corrected chi connectivity index (χ1v) is 16.1. The Balaban J connectivity index is 1.31. The standard InChI is InChI=1S/C31H37ClN4O3S/c1-4-40(37,38)25-17-24(18-25)35(3)31-26-13-15-36(28-12-6-9-21-8-5-11-27(32)30(21)28)19-22(26)16-29(33-31)39-20-23-10-7-14-34(23)2/h4-6,8-9,11-12,16,23-25H,1,7,10,13-15,17-20H2,2-3H3/t23-,24?,25?/m0/s1. The molecule has 6 rings (SSSR count). The second-order valence-corrected chi connectivity index (χ2v) is 14.0. The average Bonchev–Trinajstić information content (AvgIpc) is 3.34. The minimum absolute atomic E-state index is 0.113. The molecular weight excluding hydrogens is 544 g/mol. The predicted octanol–water partition coefficient (Wildman–Crippen LogP) is 5.45. The Labute approximate surface area is 242 Å². The number of sulfone groups is 1. The molecule has 0 amide bonds. The fraction of sp³-hybridized carbons (Fsp3) is 0.452. The van der Waals surface area contributed by atoms with Crippen LogP contribution in [-0.4, -0.2) is 69.4 Å². The zero-order valence-corrected chi connectivity index (χ0v) is 24.8. The molecule has 1 atom stereocenters. The van der Waals surface area contributed by atoms with E-state index in [-0.39, 0.29) is 11.3 Å². The Morgan fingerprint density at radius 2 is 1.98 bits per heavy atom. The van der Waals surface area contributed by atoms with Crippen molar-refractivity contribution in [3.05, 3.63) is 70.6 Å². The molecule has 3 heterocycles. The third-order valence-electron chi connectivity index (χ3n) is 9.08. The van der Waals surface area contributed by atoms with Gasteiger partial charge in [-0.2, -0.15) is 4.98 Å². The van der Waals surface area contributed by atoms with Crippen LogP contribution in [0.4, 0.5) is 11.5 Å². The summed E-state index contributed by atoms with van der Waals surface area (Å²) in [5.74, 6) is 1.54. The van der Waals surface area contributed by atoms with E-state index in [1.807, 2.05) is 19.2 Å². The highest BCUT2D eigenvalue weighted by Gasteiger charge is 2.40. The summed E-state index contributed by atoms with van der Waals surface area (Å²) < 4.78 is 31.0. The van der Waals surface area contributed by atoms with Crippen molar-refractivity contribution in [3.63, 3.8) is 0 Å². The number of likely N-dealkylation sites (tertiary alicyclic amines) is 1. The Bertz CT molecular complexity index is 1530. The van der Waals surface area contributed by atoms with Gasteiger partial charge in [0.25, 0.3) is 0 Å². The molecule has 212 valence electrons. The van der Waals surface area contributed by atoms with E-state index in [0.29, 0.717) is 31.4 Å². The third-order valence-corrected chi connectivity index (χ3v) is 11.2. The first-order chi connectivity index (χ1) is 19.2. The number of ether oxygens (including phenoxy) is 1. The fourth-order valence-electron chi connectivity index (χ4n) is 6.44. The van der Waals surface area contributed by atoms with Crippen LogP contribution in [0, 0.1) is 0 Å². The fourth-order valence-corrected chi connectivity index (χ4v) is 7.97. The average molecular weight is 581 g/mol. The minimum atomic E-state index is -3.25. The van der Waals surface area contributed by atoms with Gasteiger partial charge in [-0.1, -0.05) is 42.4 Å². The molecule has 0 radical (unpaired) electrons. The highest BCUT2D eigenvalue weighted by Crippen LogP contribution is 2.40. The number of fused-ring (bicyclic) bond motifs is 2. The van der Waals surface area contributed by atoms with E-state index < -0.39 is 9.84 Å². The molecule has 40 heavy (non-hydrogen) atoms. The van der Waals surface area contributed by atoms with Gasteiger partial charge in [0.1, 0.15) is 12.4 Å². The van der Waals surface area contributed by atoms with E-state index in [9.17, 15) is 8.42 Å². The van der Waals surface area contributed by atoms with Crippen molar-refractivity contribution in [1.29, 1.82) is 0 Å². The van der Waals surface area contributed by atoms with Crippen molar-refractivity contribution in [3.8, 4) is 5.88 Å². The predicted molar refractivity (Wildman–Crippen MR) is 163 cm³/mol. The molecule has 3 aliphatic rings. The summed E-state index contributed by atoms with van der Waals surface area (Å²) in [6, 6.07) is 15.0. The number of benzene rings is 2. The summed E-state index contributed by atoms with van der Waals surface area (Å²) in [5.41, 5.74) is 3.54. The van der Waals surface area contributed by atoms with Crippen LogP contribution in [0.2, 0.25) is 5.02 Å². The summed E-state index contributed by atoms with van der Waals surface area (Å²) in [7, 11) is 0.940. The number of anilines is 2. The molecule has 9 heteroatoms. The van der Waals surface area contributed by atoms with Gasteiger partial charge in [0.2, 0.25) is 5.88 Å². The molecule has 1 aromatic heterocycles. The number of pyridine rings is 1. The van der Waals surface area contributed by atoms with E-state index in [1.54, 1.807) is 0 Å². The van der Waals surface area contributed by atoms with Crippen molar-refractivity contribution in [2.45, 2.75) is 56.0 Å². The van der Waals surface area contributed by atoms with E-state index in [4.69, 9.17) is 21.3 Å². The quantitative estimate of drug-likeness (QED) is 0.351. The molecule has 0 bridgehead atoms. The lowest BCUT2D eigenvalue weighted by Crippen LogP contribution is -2.49. The largest absolute Gasteiger partial charge is 0.476 e. The molecule has 0 N–H and O–H groups in total. The van der Waals surface area contributed by atoms with Gasteiger partial charge in [-0.3, -0.25) is 0 Å². The highest BCUT2D eigenvalue weighted by molar-refractivity contribution is 7.94. The monoisotopic (exact) mass is 580 g/mol. The van der Waals surface area contributed by atoms with Gasteiger partial charge in [0.15, 0.2) is 9.84 Å². The van der Waals surface area contributed by atoms with Crippen molar-refractivity contribution < 1.29 is 13.2 Å². The molecule has 1 saturated carbocycles. The van der Waals surface area contributed by atoms with E-state index in [2.05, 4.69) is 58.7 Å². The van der Waals surface area contributed by atoms with Gasteiger partial charge in [0.05, 0.1) is 10.3 Å². The molecule has 0 unspecified atom stereocenters. The highest BCUT2D eigenvalue weighted by atomic mass is 35.5. The smallest absolute Gasteiger partial charge is 0.215 e. The summed E-state index contributed by atoms with van der Waals surface area (Å²) in [4.78, 5) is 11.9. The maximum Gasteiger partial charge on any atom is 0.215 e. The number of rotatable bonds is 8. The Kier molecular flexibility index (Phi) is 7.44. The van der Waals surface area contributed by atoms with Crippen molar-refractivity contribution in [1.82, 2.24) is 9.88 Å². The Morgan fingerprint density at radius 1 is 1.20 bits per heavy atom. The van der Waals surface area contributed by atoms with Crippen molar-refractivity contribution in [2.75, 3.05) is 43.6 Å². The SMILES string of the molecule is C=CS(=O)(=O)C1CC(N(C)c2nc(OC[C@@H]3CCCN3C)cc3c2CCN(c2cccc4cccc(Cl)c24)C3)C1. The van der Waals surface area contributed by atoms with Gasteiger partial charge in [-0.25, -0.2) is 8.42 Å². The minimum Gasteiger partial charge on any atom is -0.476 e. The second-order valence-electron chi connectivity index (χ2n) is 11.4. The first kappa shape index (κ1) is 27.4. The lowest BCUT2D eigenvalue weighted by Gasteiger charge is -2.42. The van der Waals surface area contributed by atoms with Crippen molar-refractivity contribution in [2.24, 2.45) is 0 Å². The molecule has 2 aliphatic heterocycles. The molecule has 7 nitrogen and oxygen atoms in total. The van der Waals surface area contributed by atoms with Crippen molar-refractivity contribution >= 4 is 43.7 Å². The Morgan fingerprint density at radius 3 is 2.70 bits per heavy atom. The lowest BCUT2D eigenvalue weighted by atomic mass is 9.90. The van der Waals surface area contributed by atoms with Gasteiger partial charge < -0.3 is 19.4 Å². The van der Waals surface area contributed by atoms with Gasteiger partial charge in [-0.05, 0) is 68.8 Å². The van der Waals surface area contributed by atoms with E-state index in [0.717, 1.165) is 65.2 Å². The van der Waals surface area contributed by atoms with Gasteiger partial charge in [0, 0.05) is 60.3 Å². The van der Waals surface area contributed by atoms with Crippen LogP contribution < -0.4 is 14.5 Å². The van der Waals surface area contributed by atoms with Crippen LogP contribution in [0.25, 0.3) is 10.8 Å². The maximum atomic E-state index is 12.3. The second kappa shape index (κ2) is 10.9. The zero-order chi connectivity index (χ0) is 28.0. The molecule has 3 aromatic rings. The van der Waals surface area contributed by atoms with Crippen LogP contribution in [0.1, 0.15) is 36.8 Å². The summed E-state index contributed by atoms with van der Waals surface area (Å²) in [6.45, 7) is 6.77. The topological polar surface area (TPSA) is 66.0 Å². The summed E-state index contributed by atoms with van der Waals surface area (Å²) >= 11 is 6.68. The molecule has 2 fully saturated rings. The van der Waals surface area contributed by atoms with Crippen LogP contribution in [-0.2, 0) is 22.8 Å². The zero-order valence-electron chi connectivity index (χ0n) is 23.2. The number of hydrogen-bond acceptors (Lipinski definition) is 7. The summed E-state index contributed by atoms with van der Waals surface area (Å²) in [6.07, 6.45) is 4.32. The summed E-state index contributed by atoms with van der Waals surface area (Å²) in [5, 5.41) is 3.69. The van der Waals surface area contributed by atoms with Gasteiger partial charge >= 0.3 is 0 Å². The maximum absolute atomic E-state index is 12.3. The molecule has 0 spiro atoms. The number of halogens is 1. The normalized spacial score (nSPS) is 23.1. The lowest BCUT2D eigenvalue weighted by molar-refractivity contribution is 0.193. The number of aromatic nitrogens is 1.